The van der Waals surface area contributed by atoms with Gasteiger partial charge < -0.3 is 0 Å². The van der Waals surface area contributed by atoms with E-state index in [2.05, 4.69) is 30.3 Å². The first-order valence-electron chi connectivity index (χ1n) is 9.94. The van der Waals surface area contributed by atoms with Crippen LogP contribution in [0.2, 0.25) is 0 Å². The molecule has 0 atom stereocenters. The Morgan fingerprint density at radius 2 is 1.42 bits per heavy atom. The van der Waals surface area contributed by atoms with E-state index in [0.29, 0.717) is 12.0 Å². The van der Waals surface area contributed by atoms with Gasteiger partial charge in [-0.2, -0.15) is 5.26 Å². The lowest BCUT2D eigenvalue weighted by Crippen LogP contribution is -2.29. The van der Waals surface area contributed by atoms with E-state index in [1.54, 1.807) is 0 Å². The van der Waals surface area contributed by atoms with E-state index in [1.807, 2.05) is 24.3 Å². The van der Waals surface area contributed by atoms with Gasteiger partial charge in [-0.25, -0.2) is 0 Å². The largest absolute Gasteiger partial charge is 0.251 e. The van der Waals surface area contributed by atoms with Gasteiger partial charge in [0.2, 0.25) is 0 Å². The Kier molecular flexibility index (Phi) is 6.45. The van der Waals surface area contributed by atoms with Crippen molar-refractivity contribution >= 4 is 0 Å². The van der Waals surface area contributed by atoms with Crippen molar-refractivity contribution in [3.05, 3.63) is 59.7 Å². The topological polar surface area (TPSA) is 23.8 Å². The van der Waals surface area contributed by atoms with Crippen LogP contribution >= 0.6 is 0 Å². The molecule has 0 radical (unpaired) electrons. The number of hydrogen-bond acceptors (Lipinski definition) is 1. The number of unbranched alkanes of at least 4 members (excludes halogenated alkanes) is 2. The first kappa shape index (κ1) is 18.6. The van der Waals surface area contributed by atoms with Gasteiger partial charge in [-0.3, -0.25) is 4.39 Å². The number of alkyl halides is 1. The number of nitrogens with zero attached hydrogens (tertiary/aromatic N) is 1. The van der Waals surface area contributed by atoms with Crippen LogP contribution < -0.4 is 0 Å². The van der Waals surface area contributed by atoms with Gasteiger partial charge in [0, 0.05) is 0 Å². The molecule has 0 heterocycles. The van der Waals surface area contributed by atoms with Gasteiger partial charge in [0.05, 0.1) is 18.3 Å². The molecule has 26 heavy (non-hydrogen) atoms. The maximum atomic E-state index is 12.4. The summed E-state index contributed by atoms with van der Waals surface area (Å²) >= 11 is 0. The second-order valence-electron chi connectivity index (χ2n) is 7.61. The zero-order valence-electron chi connectivity index (χ0n) is 15.5. The lowest BCUT2D eigenvalue weighted by molar-refractivity contribution is 0.264. The lowest BCUT2D eigenvalue weighted by atomic mass is 9.66. The molecular formula is C24H28FN. The van der Waals surface area contributed by atoms with E-state index < -0.39 is 0 Å². The smallest absolute Gasteiger partial charge is 0.0991 e. The minimum Gasteiger partial charge on any atom is -0.251 e. The van der Waals surface area contributed by atoms with Gasteiger partial charge in [-0.05, 0) is 59.9 Å². The number of rotatable bonds is 7. The van der Waals surface area contributed by atoms with Crippen LogP contribution in [0.1, 0.15) is 68.9 Å². The van der Waals surface area contributed by atoms with Crippen molar-refractivity contribution in [2.75, 3.05) is 6.67 Å². The second kappa shape index (κ2) is 8.99. The van der Waals surface area contributed by atoms with Crippen molar-refractivity contribution in [3.63, 3.8) is 0 Å². The number of benzene rings is 2. The van der Waals surface area contributed by atoms with Gasteiger partial charge in [0.25, 0.3) is 0 Å². The molecule has 0 aromatic heterocycles. The quantitative estimate of drug-likeness (QED) is 0.496. The summed E-state index contributed by atoms with van der Waals surface area (Å²) in [4.78, 5) is 0. The summed E-state index contributed by atoms with van der Waals surface area (Å²) in [6.07, 6.45) is 10.5. The van der Waals surface area contributed by atoms with Crippen molar-refractivity contribution in [1.29, 1.82) is 5.26 Å². The Hall–Kier alpha value is -2.14. The van der Waals surface area contributed by atoms with Crippen molar-refractivity contribution in [3.8, 4) is 17.2 Å². The van der Waals surface area contributed by atoms with Crippen LogP contribution in [-0.2, 0) is 5.41 Å². The minimum atomic E-state index is -0.188. The van der Waals surface area contributed by atoms with Gasteiger partial charge in [-0.15, -0.1) is 0 Å². The molecule has 0 unspecified atom stereocenters. The zero-order chi connectivity index (χ0) is 18.2. The van der Waals surface area contributed by atoms with Crippen molar-refractivity contribution in [2.24, 2.45) is 0 Å². The normalized spacial score (nSPS) is 16.2. The highest BCUT2D eigenvalue weighted by molar-refractivity contribution is 5.64. The second-order valence-corrected chi connectivity index (χ2v) is 7.61. The first-order valence-corrected chi connectivity index (χ1v) is 9.94. The van der Waals surface area contributed by atoms with Gasteiger partial charge in [0.15, 0.2) is 0 Å². The number of hydrogen-bond donors (Lipinski definition) is 0. The minimum absolute atomic E-state index is 0.188. The highest BCUT2D eigenvalue weighted by atomic mass is 19.1. The molecule has 2 heteroatoms. The average molecular weight is 349 g/mol. The van der Waals surface area contributed by atoms with E-state index in [9.17, 15) is 4.39 Å². The summed E-state index contributed by atoms with van der Waals surface area (Å²) in [7, 11) is 0. The third-order valence-electron chi connectivity index (χ3n) is 5.94. The SMILES string of the molecule is N#Cc1ccc(-c2ccc(C3(CCCCCF)CCCCC3)cc2)cc1. The molecule has 136 valence electrons. The van der Waals surface area contributed by atoms with Gasteiger partial charge in [-0.1, -0.05) is 68.5 Å². The molecule has 0 N–H and O–H groups in total. The molecule has 1 aliphatic rings. The van der Waals surface area contributed by atoms with Crippen LogP contribution in [0.5, 0.6) is 0 Å². The third kappa shape index (κ3) is 4.33. The van der Waals surface area contributed by atoms with Crippen molar-refractivity contribution in [1.82, 2.24) is 0 Å². The summed E-state index contributed by atoms with van der Waals surface area (Å²) in [5.74, 6) is 0. The molecule has 0 bridgehead atoms. The Labute approximate surface area is 156 Å². The molecule has 3 rings (SSSR count). The molecule has 1 nitrogen and oxygen atoms in total. The van der Waals surface area contributed by atoms with E-state index in [1.165, 1.54) is 49.7 Å². The summed E-state index contributed by atoms with van der Waals surface area (Å²) in [6, 6.07) is 19.0. The molecule has 1 saturated carbocycles. The fraction of sp³-hybridized carbons (Fsp3) is 0.458. The molecule has 0 amide bonds. The molecule has 2 aromatic rings. The Morgan fingerprint density at radius 3 is 2.00 bits per heavy atom. The van der Waals surface area contributed by atoms with Crippen LogP contribution in [0.4, 0.5) is 4.39 Å². The monoisotopic (exact) mass is 349 g/mol. The van der Waals surface area contributed by atoms with Crippen LogP contribution in [0.15, 0.2) is 48.5 Å². The fourth-order valence-electron chi connectivity index (χ4n) is 4.40. The van der Waals surface area contributed by atoms with Crippen molar-refractivity contribution in [2.45, 2.75) is 63.2 Å². The lowest BCUT2D eigenvalue weighted by Gasteiger charge is -2.38. The Balaban J connectivity index is 1.77. The average Bonchev–Trinajstić information content (AvgIpc) is 2.72. The van der Waals surface area contributed by atoms with E-state index >= 15 is 0 Å². The maximum absolute atomic E-state index is 12.4. The highest BCUT2D eigenvalue weighted by Crippen LogP contribution is 2.43. The van der Waals surface area contributed by atoms with Gasteiger partial charge in [0.1, 0.15) is 0 Å². The van der Waals surface area contributed by atoms with Crippen LogP contribution in [0.3, 0.4) is 0 Å². The standard InChI is InChI=1S/C24H28FN/c25-18-6-2-5-17-24(15-3-1-4-16-24)23-13-11-22(12-14-23)21-9-7-20(19-26)8-10-21/h7-14H,1-6,15-18H2. The zero-order valence-corrected chi connectivity index (χ0v) is 15.5. The van der Waals surface area contributed by atoms with Crippen LogP contribution in [0, 0.1) is 11.3 Å². The van der Waals surface area contributed by atoms with Gasteiger partial charge >= 0.3 is 0 Å². The molecule has 0 saturated heterocycles. The third-order valence-corrected chi connectivity index (χ3v) is 5.94. The van der Waals surface area contributed by atoms with Crippen LogP contribution in [-0.4, -0.2) is 6.67 Å². The van der Waals surface area contributed by atoms with E-state index in [0.717, 1.165) is 18.4 Å². The van der Waals surface area contributed by atoms with E-state index in [-0.39, 0.29) is 12.1 Å². The Morgan fingerprint density at radius 1 is 0.808 bits per heavy atom. The predicted octanol–water partition coefficient (Wildman–Crippen LogP) is 6.96. The maximum Gasteiger partial charge on any atom is 0.0991 e. The fourth-order valence-corrected chi connectivity index (χ4v) is 4.40. The summed E-state index contributed by atoms with van der Waals surface area (Å²) in [5, 5.41) is 8.94. The summed E-state index contributed by atoms with van der Waals surface area (Å²) in [5.41, 5.74) is 4.78. The molecule has 1 fully saturated rings. The number of halogens is 1. The van der Waals surface area contributed by atoms with Crippen LogP contribution in [0.25, 0.3) is 11.1 Å². The van der Waals surface area contributed by atoms with E-state index in [4.69, 9.17) is 5.26 Å². The Bertz CT molecular complexity index is 718. The summed E-state index contributed by atoms with van der Waals surface area (Å²) < 4.78 is 12.4. The molecular weight excluding hydrogens is 321 g/mol. The molecule has 0 aliphatic heterocycles. The van der Waals surface area contributed by atoms with Crippen molar-refractivity contribution < 1.29 is 4.39 Å². The summed E-state index contributed by atoms with van der Waals surface area (Å²) in [6.45, 7) is -0.188. The highest BCUT2D eigenvalue weighted by Gasteiger charge is 2.33. The molecule has 0 spiro atoms. The molecule has 2 aromatic carbocycles. The first-order chi connectivity index (χ1) is 12.8. The molecule has 1 aliphatic carbocycles. The predicted molar refractivity (Wildman–Crippen MR) is 106 cm³/mol. The number of nitriles is 1.